The van der Waals surface area contributed by atoms with Crippen molar-refractivity contribution in [1.82, 2.24) is 29.9 Å². The molecule has 0 aliphatic rings. The summed E-state index contributed by atoms with van der Waals surface area (Å²) in [7, 11) is 0. The van der Waals surface area contributed by atoms with E-state index in [1.807, 2.05) is 78.9 Å². The first-order valence-corrected chi connectivity index (χ1v) is 11.1. The van der Waals surface area contributed by atoms with Crippen LogP contribution in [-0.2, 0) is 6.54 Å². The van der Waals surface area contributed by atoms with E-state index in [0.717, 1.165) is 33.3 Å². The second-order valence-electron chi connectivity index (χ2n) is 7.67. The molecule has 0 saturated heterocycles. The quantitative estimate of drug-likeness (QED) is 0.303. The molecule has 0 saturated carbocycles. The number of rotatable bonds is 4. The zero-order chi connectivity index (χ0) is 22.4. The Morgan fingerprint density at radius 1 is 0.848 bits per heavy atom. The predicted octanol–water partition coefficient (Wildman–Crippen LogP) is 6.39. The second kappa shape index (κ2) is 7.99. The minimum Gasteiger partial charge on any atom is -0.351 e. The highest BCUT2D eigenvalue weighted by Crippen LogP contribution is 2.39. The van der Waals surface area contributed by atoms with E-state index in [4.69, 9.17) is 28.2 Å². The number of benzene rings is 3. The maximum atomic E-state index is 6.55. The van der Waals surface area contributed by atoms with Crippen LogP contribution in [0.15, 0.2) is 78.9 Å². The van der Waals surface area contributed by atoms with Gasteiger partial charge in [-0.3, -0.25) is 0 Å². The number of nitrogens with one attached hydrogen (secondary N) is 1. The van der Waals surface area contributed by atoms with E-state index in [1.165, 1.54) is 0 Å². The molecule has 33 heavy (non-hydrogen) atoms. The summed E-state index contributed by atoms with van der Waals surface area (Å²) in [4.78, 5) is 12.9. The molecule has 0 aliphatic heterocycles. The van der Waals surface area contributed by atoms with E-state index >= 15 is 0 Å². The fourth-order valence-electron chi connectivity index (χ4n) is 4.03. The van der Waals surface area contributed by atoms with Crippen LogP contribution >= 0.6 is 23.2 Å². The molecule has 0 radical (unpaired) electrons. The standard InChI is InChI=1S/C25H16Cl2N6/c26-17-11-12-19-18(13-17)20(16-9-5-2-6-10-16)21(28-19)24-29-23(27)22-25(30-24)33(32-31-22)14-15-7-3-1-4-8-15/h1-13,28H,14H2. The lowest BCUT2D eigenvalue weighted by molar-refractivity contribution is 0.664. The number of halogens is 2. The number of aromatic amines is 1. The first kappa shape index (κ1) is 19.9. The molecule has 0 spiro atoms. The first-order chi connectivity index (χ1) is 16.2. The van der Waals surface area contributed by atoms with Gasteiger partial charge in [0.2, 0.25) is 0 Å². The van der Waals surface area contributed by atoms with Gasteiger partial charge in [-0.25, -0.2) is 14.6 Å². The SMILES string of the molecule is Clc1ccc2[nH]c(-c3nc(Cl)c4nnn(Cc5ccccc5)c4n3)c(-c3ccccc3)c2c1. The zero-order valence-electron chi connectivity index (χ0n) is 17.2. The van der Waals surface area contributed by atoms with Crippen LogP contribution in [0.1, 0.15) is 5.56 Å². The molecule has 0 bridgehead atoms. The minimum atomic E-state index is 0.255. The second-order valence-corrected chi connectivity index (χ2v) is 8.47. The van der Waals surface area contributed by atoms with Crippen LogP contribution in [0, 0.1) is 0 Å². The summed E-state index contributed by atoms with van der Waals surface area (Å²) in [6, 6.07) is 25.9. The molecular formula is C25H16Cl2N6. The van der Waals surface area contributed by atoms with Gasteiger partial charge < -0.3 is 4.98 Å². The molecule has 6 nitrogen and oxygen atoms in total. The fourth-order valence-corrected chi connectivity index (χ4v) is 4.41. The fraction of sp³-hybridized carbons (Fsp3) is 0.0400. The smallest absolute Gasteiger partial charge is 0.184 e. The average Bonchev–Trinajstić information content (AvgIpc) is 3.42. The Hall–Kier alpha value is -3.74. The molecule has 6 aromatic rings. The Morgan fingerprint density at radius 2 is 1.61 bits per heavy atom. The van der Waals surface area contributed by atoms with Crippen LogP contribution in [0.2, 0.25) is 10.2 Å². The normalized spacial score (nSPS) is 11.5. The van der Waals surface area contributed by atoms with E-state index < -0.39 is 0 Å². The Balaban J connectivity index is 1.58. The molecule has 3 aromatic heterocycles. The summed E-state index contributed by atoms with van der Waals surface area (Å²) in [6.07, 6.45) is 0. The van der Waals surface area contributed by atoms with E-state index in [1.54, 1.807) is 4.68 Å². The lowest BCUT2D eigenvalue weighted by Crippen LogP contribution is -2.04. The highest BCUT2D eigenvalue weighted by molar-refractivity contribution is 6.33. The van der Waals surface area contributed by atoms with Gasteiger partial charge in [-0.2, -0.15) is 0 Å². The monoisotopic (exact) mass is 470 g/mol. The zero-order valence-corrected chi connectivity index (χ0v) is 18.7. The maximum absolute atomic E-state index is 6.55. The molecule has 3 heterocycles. The van der Waals surface area contributed by atoms with Crippen molar-refractivity contribution >= 4 is 45.3 Å². The van der Waals surface area contributed by atoms with Crippen LogP contribution in [-0.4, -0.2) is 29.9 Å². The van der Waals surface area contributed by atoms with Crippen molar-refractivity contribution in [3.05, 3.63) is 94.6 Å². The van der Waals surface area contributed by atoms with Gasteiger partial charge in [-0.1, -0.05) is 89.1 Å². The number of aromatic nitrogens is 6. The van der Waals surface area contributed by atoms with Gasteiger partial charge in [0.1, 0.15) is 0 Å². The summed E-state index contributed by atoms with van der Waals surface area (Å²) in [5.41, 5.74) is 5.81. The Labute approximate surface area is 198 Å². The topological polar surface area (TPSA) is 72.3 Å². The third kappa shape index (κ3) is 3.53. The van der Waals surface area contributed by atoms with Crippen molar-refractivity contribution in [2.24, 2.45) is 0 Å². The third-order valence-corrected chi connectivity index (χ3v) is 6.04. The van der Waals surface area contributed by atoms with Gasteiger partial charge in [0, 0.05) is 21.5 Å². The van der Waals surface area contributed by atoms with Crippen molar-refractivity contribution < 1.29 is 0 Å². The number of hydrogen-bond donors (Lipinski definition) is 1. The summed E-state index contributed by atoms with van der Waals surface area (Å²) in [6.45, 7) is 0.526. The molecule has 160 valence electrons. The summed E-state index contributed by atoms with van der Waals surface area (Å²) in [5, 5.41) is 10.4. The van der Waals surface area contributed by atoms with Gasteiger partial charge in [-0.05, 0) is 29.3 Å². The highest BCUT2D eigenvalue weighted by Gasteiger charge is 2.21. The van der Waals surface area contributed by atoms with E-state index in [2.05, 4.69) is 20.3 Å². The summed E-state index contributed by atoms with van der Waals surface area (Å²) < 4.78 is 1.74. The van der Waals surface area contributed by atoms with Crippen molar-refractivity contribution in [3.63, 3.8) is 0 Å². The first-order valence-electron chi connectivity index (χ1n) is 10.3. The molecule has 1 N–H and O–H groups in total. The molecule has 0 unspecified atom stereocenters. The van der Waals surface area contributed by atoms with Crippen molar-refractivity contribution in [2.45, 2.75) is 6.54 Å². The lowest BCUT2D eigenvalue weighted by atomic mass is 10.0. The van der Waals surface area contributed by atoms with Gasteiger partial charge in [0.25, 0.3) is 0 Å². The minimum absolute atomic E-state index is 0.255. The molecule has 0 amide bonds. The van der Waals surface area contributed by atoms with E-state index in [9.17, 15) is 0 Å². The number of H-pyrrole nitrogens is 1. The molecular weight excluding hydrogens is 455 g/mol. The van der Waals surface area contributed by atoms with Crippen LogP contribution in [0.5, 0.6) is 0 Å². The van der Waals surface area contributed by atoms with Gasteiger partial charge in [0.05, 0.1) is 12.2 Å². The Bertz CT molecular complexity index is 1610. The average molecular weight is 471 g/mol. The van der Waals surface area contributed by atoms with Crippen molar-refractivity contribution in [3.8, 4) is 22.6 Å². The van der Waals surface area contributed by atoms with Crippen LogP contribution in [0.25, 0.3) is 44.7 Å². The van der Waals surface area contributed by atoms with Gasteiger partial charge >= 0.3 is 0 Å². The maximum Gasteiger partial charge on any atom is 0.184 e. The molecule has 0 fully saturated rings. The Morgan fingerprint density at radius 3 is 2.39 bits per heavy atom. The van der Waals surface area contributed by atoms with Crippen LogP contribution in [0.3, 0.4) is 0 Å². The summed E-state index contributed by atoms with van der Waals surface area (Å²) in [5.74, 6) is 0.468. The largest absolute Gasteiger partial charge is 0.351 e. The molecule has 8 heteroatoms. The van der Waals surface area contributed by atoms with Crippen LogP contribution < -0.4 is 0 Å². The van der Waals surface area contributed by atoms with E-state index in [-0.39, 0.29) is 5.15 Å². The summed E-state index contributed by atoms with van der Waals surface area (Å²) >= 11 is 12.9. The van der Waals surface area contributed by atoms with Gasteiger partial charge in [-0.15, -0.1) is 5.10 Å². The van der Waals surface area contributed by atoms with Crippen molar-refractivity contribution in [1.29, 1.82) is 0 Å². The Kier molecular flexibility index (Phi) is 4.82. The number of hydrogen-bond acceptors (Lipinski definition) is 4. The molecule has 0 atom stereocenters. The lowest BCUT2D eigenvalue weighted by Gasteiger charge is -2.07. The molecule has 3 aromatic carbocycles. The number of nitrogens with zero attached hydrogens (tertiary/aromatic N) is 5. The number of fused-ring (bicyclic) bond motifs is 2. The van der Waals surface area contributed by atoms with Crippen LogP contribution in [0.4, 0.5) is 0 Å². The van der Waals surface area contributed by atoms with E-state index in [0.29, 0.717) is 28.6 Å². The molecule has 0 aliphatic carbocycles. The predicted molar refractivity (Wildman–Crippen MR) is 131 cm³/mol. The van der Waals surface area contributed by atoms with Crippen molar-refractivity contribution in [2.75, 3.05) is 0 Å². The third-order valence-electron chi connectivity index (χ3n) is 5.54. The highest BCUT2D eigenvalue weighted by atomic mass is 35.5. The molecule has 6 rings (SSSR count). The van der Waals surface area contributed by atoms with Gasteiger partial charge in [0.15, 0.2) is 22.1 Å².